The highest BCUT2D eigenvalue weighted by atomic mass is 16.2. The molecule has 0 radical (unpaired) electrons. The highest BCUT2D eigenvalue weighted by Gasteiger charge is 2.23. The van der Waals surface area contributed by atoms with Gasteiger partial charge in [-0.3, -0.25) is 4.79 Å². The highest BCUT2D eigenvalue weighted by Crippen LogP contribution is 2.12. The molecule has 0 spiro atoms. The number of hydrogen-bond donors (Lipinski definition) is 1. The van der Waals surface area contributed by atoms with Crippen molar-refractivity contribution in [2.24, 2.45) is 5.73 Å². The van der Waals surface area contributed by atoms with Gasteiger partial charge in [-0.15, -0.1) is 0 Å². The number of carbonyl (C=O) groups excluding carboxylic acids is 1. The van der Waals surface area contributed by atoms with Crippen molar-refractivity contribution in [3.63, 3.8) is 0 Å². The molecule has 4 nitrogen and oxygen atoms in total. The van der Waals surface area contributed by atoms with Crippen molar-refractivity contribution in [1.82, 2.24) is 9.80 Å². The van der Waals surface area contributed by atoms with Crippen LogP contribution in [0, 0.1) is 0 Å². The van der Waals surface area contributed by atoms with Crippen LogP contribution in [0.3, 0.4) is 0 Å². The van der Waals surface area contributed by atoms with E-state index in [1.54, 1.807) is 0 Å². The molecule has 1 heterocycles. The largest absolute Gasteiger partial charge is 0.338 e. The quantitative estimate of drug-likeness (QED) is 0.903. The Hall–Kier alpha value is -1.39. The predicted octanol–water partition coefficient (Wildman–Crippen LogP) is 1.24. The summed E-state index contributed by atoms with van der Waals surface area (Å²) in [6.07, 6.45) is 1.54. The summed E-state index contributed by atoms with van der Waals surface area (Å²) in [5.74, 6) is 0.230. The molecule has 110 valence electrons. The molecule has 0 aliphatic carbocycles. The van der Waals surface area contributed by atoms with Gasteiger partial charge in [-0.1, -0.05) is 24.3 Å². The molecule has 2 N–H and O–H groups in total. The van der Waals surface area contributed by atoms with Crippen molar-refractivity contribution in [2.75, 3.05) is 26.7 Å². The minimum Gasteiger partial charge on any atom is -0.338 e. The van der Waals surface area contributed by atoms with Crippen LogP contribution in [0.25, 0.3) is 0 Å². The second-order valence-corrected chi connectivity index (χ2v) is 5.75. The fourth-order valence-corrected chi connectivity index (χ4v) is 2.81. The van der Waals surface area contributed by atoms with Crippen LogP contribution < -0.4 is 5.73 Å². The third-order valence-electron chi connectivity index (χ3n) is 3.98. The van der Waals surface area contributed by atoms with E-state index in [2.05, 4.69) is 18.9 Å². The third-order valence-corrected chi connectivity index (χ3v) is 3.98. The Morgan fingerprint density at radius 2 is 1.90 bits per heavy atom. The van der Waals surface area contributed by atoms with Crippen molar-refractivity contribution in [2.45, 2.75) is 32.4 Å². The maximum Gasteiger partial charge on any atom is 0.227 e. The summed E-state index contributed by atoms with van der Waals surface area (Å²) in [7, 11) is 2.12. The number of benzene rings is 1. The van der Waals surface area contributed by atoms with E-state index in [1.807, 2.05) is 29.2 Å². The zero-order chi connectivity index (χ0) is 14.5. The van der Waals surface area contributed by atoms with Gasteiger partial charge in [-0.25, -0.2) is 0 Å². The summed E-state index contributed by atoms with van der Waals surface area (Å²) < 4.78 is 0. The van der Waals surface area contributed by atoms with Crippen LogP contribution in [0.4, 0.5) is 0 Å². The molecule has 1 aromatic rings. The molecule has 0 aromatic heterocycles. The van der Waals surface area contributed by atoms with E-state index in [0.29, 0.717) is 19.0 Å². The molecule has 1 aliphatic heterocycles. The van der Waals surface area contributed by atoms with Gasteiger partial charge in [0.1, 0.15) is 0 Å². The van der Waals surface area contributed by atoms with Gasteiger partial charge >= 0.3 is 0 Å². The lowest BCUT2D eigenvalue weighted by Gasteiger charge is -2.28. The molecule has 0 bridgehead atoms. The first kappa shape index (κ1) is 15.0. The van der Waals surface area contributed by atoms with E-state index in [4.69, 9.17) is 5.73 Å². The van der Waals surface area contributed by atoms with E-state index in [-0.39, 0.29) is 5.91 Å². The molecular formula is C16H25N3O. The van der Waals surface area contributed by atoms with Crippen LogP contribution in [0.2, 0.25) is 0 Å². The number of likely N-dealkylation sites (N-methyl/N-ethyl adjacent to an activating group) is 1. The lowest BCUT2D eigenvalue weighted by atomic mass is 10.1. The van der Waals surface area contributed by atoms with Crippen LogP contribution >= 0.6 is 0 Å². The third kappa shape index (κ3) is 3.81. The van der Waals surface area contributed by atoms with E-state index in [1.165, 1.54) is 0 Å². The number of carbonyl (C=O) groups is 1. The average molecular weight is 275 g/mol. The van der Waals surface area contributed by atoms with Gasteiger partial charge in [-0.2, -0.15) is 0 Å². The smallest absolute Gasteiger partial charge is 0.227 e. The maximum atomic E-state index is 12.5. The van der Waals surface area contributed by atoms with Crippen molar-refractivity contribution in [3.8, 4) is 0 Å². The average Bonchev–Trinajstić information content (AvgIpc) is 2.60. The first-order valence-corrected chi connectivity index (χ1v) is 7.36. The van der Waals surface area contributed by atoms with Crippen molar-refractivity contribution < 1.29 is 4.79 Å². The second-order valence-electron chi connectivity index (χ2n) is 5.75. The zero-order valence-electron chi connectivity index (χ0n) is 12.5. The van der Waals surface area contributed by atoms with Gasteiger partial charge in [0.2, 0.25) is 5.91 Å². The summed E-state index contributed by atoms with van der Waals surface area (Å²) in [4.78, 5) is 16.8. The second kappa shape index (κ2) is 6.86. The number of amides is 1. The Labute approximate surface area is 121 Å². The molecule has 1 amide bonds. The van der Waals surface area contributed by atoms with E-state index in [9.17, 15) is 4.79 Å². The van der Waals surface area contributed by atoms with Crippen LogP contribution in [-0.2, 0) is 17.8 Å². The van der Waals surface area contributed by atoms with Gasteiger partial charge in [0.15, 0.2) is 0 Å². The summed E-state index contributed by atoms with van der Waals surface area (Å²) in [6.45, 7) is 5.57. The summed E-state index contributed by atoms with van der Waals surface area (Å²) in [6, 6.07) is 8.31. The standard InChI is InChI=1S/C16H25N3O/c1-13-12-18(2)8-3-9-19(13)16(20)10-14-4-6-15(11-17)7-5-14/h4-7,13H,3,8-12,17H2,1-2H3. The molecule has 1 aromatic carbocycles. The van der Waals surface area contributed by atoms with Crippen molar-refractivity contribution in [1.29, 1.82) is 0 Å². The Kier molecular flexibility index (Phi) is 5.15. The van der Waals surface area contributed by atoms with E-state index in [0.717, 1.165) is 37.2 Å². The SMILES string of the molecule is CC1CN(C)CCCN1C(=O)Cc1ccc(CN)cc1. The van der Waals surface area contributed by atoms with Gasteiger partial charge < -0.3 is 15.5 Å². The van der Waals surface area contributed by atoms with Crippen molar-refractivity contribution >= 4 is 5.91 Å². The predicted molar refractivity (Wildman–Crippen MR) is 81.3 cm³/mol. The molecule has 20 heavy (non-hydrogen) atoms. The fourth-order valence-electron chi connectivity index (χ4n) is 2.81. The first-order chi connectivity index (χ1) is 9.60. The van der Waals surface area contributed by atoms with Gasteiger partial charge in [0.05, 0.1) is 6.42 Å². The fraction of sp³-hybridized carbons (Fsp3) is 0.562. The molecule has 1 atom stereocenters. The van der Waals surface area contributed by atoms with Gasteiger partial charge in [0, 0.05) is 25.7 Å². The molecule has 2 rings (SSSR count). The van der Waals surface area contributed by atoms with E-state index < -0.39 is 0 Å². The number of hydrogen-bond acceptors (Lipinski definition) is 3. The molecule has 1 saturated heterocycles. The number of nitrogens with zero attached hydrogens (tertiary/aromatic N) is 2. The van der Waals surface area contributed by atoms with Crippen molar-refractivity contribution in [3.05, 3.63) is 35.4 Å². The lowest BCUT2D eigenvalue weighted by Crippen LogP contribution is -2.42. The highest BCUT2D eigenvalue weighted by molar-refractivity contribution is 5.79. The van der Waals surface area contributed by atoms with Crippen LogP contribution in [0.15, 0.2) is 24.3 Å². The molecular weight excluding hydrogens is 250 g/mol. The molecule has 1 aliphatic rings. The monoisotopic (exact) mass is 275 g/mol. The molecule has 4 heteroatoms. The Morgan fingerprint density at radius 3 is 2.55 bits per heavy atom. The minimum atomic E-state index is 0.230. The minimum absolute atomic E-state index is 0.230. The Morgan fingerprint density at radius 1 is 1.25 bits per heavy atom. The van der Waals surface area contributed by atoms with Crippen LogP contribution in [0.1, 0.15) is 24.5 Å². The summed E-state index contributed by atoms with van der Waals surface area (Å²) in [5.41, 5.74) is 7.76. The summed E-state index contributed by atoms with van der Waals surface area (Å²) >= 11 is 0. The number of rotatable bonds is 3. The van der Waals surface area contributed by atoms with Crippen LogP contribution in [0.5, 0.6) is 0 Å². The van der Waals surface area contributed by atoms with E-state index >= 15 is 0 Å². The topological polar surface area (TPSA) is 49.6 Å². The Balaban J connectivity index is 1.99. The Bertz CT molecular complexity index is 444. The molecule has 1 unspecified atom stereocenters. The summed E-state index contributed by atoms with van der Waals surface area (Å²) in [5, 5.41) is 0. The normalized spacial score (nSPS) is 20.8. The van der Waals surface area contributed by atoms with Gasteiger partial charge in [0.25, 0.3) is 0 Å². The number of nitrogens with two attached hydrogens (primary N) is 1. The van der Waals surface area contributed by atoms with Gasteiger partial charge in [-0.05, 0) is 38.1 Å². The maximum absolute atomic E-state index is 12.5. The first-order valence-electron chi connectivity index (χ1n) is 7.36. The molecule has 1 fully saturated rings. The molecule has 0 saturated carbocycles. The lowest BCUT2D eigenvalue weighted by molar-refractivity contribution is -0.132. The zero-order valence-corrected chi connectivity index (χ0v) is 12.5. The van der Waals surface area contributed by atoms with Crippen LogP contribution in [-0.4, -0.2) is 48.4 Å².